The molecule has 1 heterocycles. The van der Waals surface area contributed by atoms with Crippen molar-refractivity contribution in [2.24, 2.45) is 0 Å². The molecule has 0 aliphatic heterocycles. The summed E-state index contributed by atoms with van der Waals surface area (Å²) in [5.74, 6) is 0.135. The van der Waals surface area contributed by atoms with Crippen molar-refractivity contribution < 1.29 is 9.21 Å². The molecular weight excluding hydrogens is 326 g/mol. The van der Waals surface area contributed by atoms with Gasteiger partial charge in [0.2, 0.25) is 0 Å². The van der Waals surface area contributed by atoms with Gasteiger partial charge in [-0.15, -0.1) is 11.8 Å². The van der Waals surface area contributed by atoms with E-state index >= 15 is 0 Å². The molecule has 1 aromatic heterocycles. The number of amides is 1. The van der Waals surface area contributed by atoms with Crippen LogP contribution in [0.3, 0.4) is 0 Å². The summed E-state index contributed by atoms with van der Waals surface area (Å²) in [5, 5.41) is 2.83. The van der Waals surface area contributed by atoms with E-state index in [2.05, 4.69) is 51.8 Å². The lowest BCUT2D eigenvalue weighted by molar-refractivity contribution is 0.0925. The second kappa shape index (κ2) is 6.82. The van der Waals surface area contributed by atoms with Crippen molar-refractivity contribution in [1.29, 1.82) is 0 Å². The van der Waals surface area contributed by atoms with E-state index in [1.807, 2.05) is 0 Å². The molecule has 3 nitrogen and oxygen atoms in total. The number of carbonyl (C=O) groups excluding carboxylic acids is 1. The Morgan fingerprint density at radius 2 is 2.00 bits per heavy atom. The highest BCUT2D eigenvalue weighted by Gasteiger charge is 2.09. The van der Waals surface area contributed by atoms with E-state index < -0.39 is 0 Å². The Kier molecular flexibility index (Phi) is 5.10. The molecular formula is C14H14BrNO2S. The molecule has 1 aromatic carbocycles. The maximum atomic E-state index is 11.7. The van der Waals surface area contributed by atoms with Gasteiger partial charge in [0, 0.05) is 11.4 Å². The van der Waals surface area contributed by atoms with Crippen LogP contribution in [0.25, 0.3) is 0 Å². The highest BCUT2D eigenvalue weighted by atomic mass is 79.9. The van der Waals surface area contributed by atoms with E-state index in [0.717, 1.165) is 6.42 Å². The van der Waals surface area contributed by atoms with Crippen molar-refractivity contribution in [3.05, 3.63) is 52.4 Å². The third-order valence-corrected chi connectivity index (χ3v) is 3.83. The summed E-state index contributed by atoms with van der Waals surface area (Å²) in [6, 6.07) is 11.7. The summed E-state index contributed by atoms with van der Waals surface area (Å²) < 4.78 is 5.74. The van der Waals surface area contributed by atoms with Crippen LogP contribution in [0.2, 0.25) is 0 Å². The third kappa shape index (κ3) is 4.14. The number of hydrogen-bond acceptors (Lipinski definition) is 3. The highest BCUT2D eigenvalue weighted by molar-refractivity contribution is 9.10. The van der Waals surface area contributed by atoms with Crippen LogP contribution in [0.5, 0.6) is 0 Å². The summed E-state index contributed by atoms with van der Waals surface area (Å²) in [4.78, 5) is 13.0. The molecule has 0 aliphatic carbocycles. The maximum absolute atomic E-state index is 11.7. The van der Waals surface area contributed by atoms with Crippen LogP contribution < -0.4 is 5.32 Å². The number of halogens is 1. The fourth-order valence-corrected chi connectivity index (χ4v) is 2.35. The zero-order valence-electron chi connectivity index (χ0n) is 10.5. The Morgan fingerprint density at radius 3 is 2.58 bits per heavy atom. The van der Waals surface area contributed by atoms with Gasteiger partial charge in [0.1, 0.15) is 0 Å². The second-order valence-corrected chi connectivity index (χ2v) is 5.62. The second-order valence-electron chi connectivity index (χ2n) is 3.96. The van der Waals surface area contributed by atoms with Crippen molar-refractivity contribution in [2.75, 3.05) is 12.8 Å². The number of carbonyl (C=O) groups is 1. The summed E-state index contributed by atoms with van der Waals surface area (Å²) in [6.45, 7) is 0.593. The summed E-state index contributed by atoms with van der Waals surface area (Å²) in [7, 11) is 0. The first kappa shape index (κ1) is 14.2. The molecule has 0 atom stereocenters. The lowest BCUT2D eigenvalue weighted by atomic mass is 10.1. The topological polar surface area (TPSA) is 42.2 Å². The largest absolute Gasteiger partial charge is 0.444 e. The molecule has 5 heteroatoms. The molecule has 2 rings (SSSR count). The number of furan rings is 1. The number of hydrogen-bond donors (Lipinski definition) is 1. The van der Waals surface area contributed by atoms with Crippen molar-refractivity contribution in [2.45, 2.75) is 11.3 Å². The Balaban J connectivity index is 1.81. The first-order valence-electron chi connectivity index (χ1n) is 5.85. The summed E-state index contributed by atoms with van der Waals surface area (Å²) in [5.41, 5.74) is 1.21. The fourth-order valence-electron chi connectivity index (χ4n) is 1.64. The smallest absolute Gasteiger partial charge is 0.287 e. The van der Waals surface area contributed by atoms with Crippen molar-refractivity contribution >= 4 is 33.6 Å². The van der Waals surface area contributed by atoms with Gasteiger partial charge in [0.25, 0.3) is 5.91 Å². The van der Waals surface area contributed by atoms with Crippen molar-refractivity contribution in [3.63, 3.8) is 0 Å². The van der Waals surface area contributed by atoms with Crippen LogP contribution in [-0.2, 0) is 6.42 Å². The SMILES string of the molecule is CSc1ccc(CCNC(=O)c2ccc(Br)o2)cc1. The van der Waals surface area contributed by atoms with Gasteiger partial charge in [-0.05, 0) is 58.4 Å². The molecule has 1 amide bonds. The van der Waals surface area contributed by atoms with E-state index in [4.69, 9.17) is 4.42 Å². The zero-order valence-corrected chi connectivity index (χ0v) is 12.9. The molecule has 0 bridgehead atoms. The minimum absolute atomic E-state index is 0.188. The molecule has 100 valence electrons. The van der Waals surface area contributed by atoms with Gasteiger partial charge in [0.15, 0.2) is 10.4 Å². The third-order valence-electron chi connectivity index (χ3n) is 2.66. The molecule has 0 saturated carbocycles. The van der Waals surface area contributed by atoms with Gasteiger partial charge in [-0.2, -0.15) is 0 Å². The average molecular weight is 340 g/mol. The fraction of sp³-hybridized carbons (Fsp3) is 0.214. The standard InChI is InChI=1S/C14H14BrNO2S/c1-19-11-4-2-10(3-5-11)8-9-16-14(17)12-6-7-13(15)18-12/h2-7H,8-9H2,1H3,(H,16,17). The van der Waals surface area contributed by atoms with Gasteiger partial charge in [-0.3, -0.25) is 4.79 Å². The molecule has 0 aliphatic rings. The molecule has 0 fully saturated rings. The lowest BCUT2D eigenvalue weighted by Gasteiger charge is -2.04. The summed E-state index contributed by atoms with van der Waals surface area (Å²) >= 11 is 4.89. The predicted molar refractivity (Wildman–Crippen MR) is 80.7 cm³/mol. The van der Waals surface area contributed by atoms with Gasteiger partial charge >= 0.3 is 0 Å². The Morgan fingerprint density at radius 1 is 1.26 bits per heavy atom. The number of benzene rings is 1. The zero-order chi connectivity index (χ0) is 13.7. The Labute approximate surface area is 124 Å². The van der Waals surface area contributed by atoms with E-state index in [0.29, 0.717) is 17.0 Å². The van der Waals surface area contributed by atoms with E-state index in [1.165, 1.54) is 10.5 Å². The Bertz CT molecular complexity index is 551. The molecule has 0 radical (unpaired) electrons. The van der Waals surface area contributed by atoms with Gasteiger partial charge in [0.05, 0.1) is 0 Å². The summed E-state index contributed by atoms with van der Waals surface area (Å²) in [6.07, 6.45) is 2.86. The predicted octanol–water partition coefficient (Wildman–Crippen LogP) is 3.74. The van der Waals surface area contributed by atoms with Crippen LogP contribution in [0, 0.1) is 0 Å². The molecule has 0 unspecified atom stereocenters. The molecule has 0 saturated heterocycles. The monoisotopic (exact) mass is 339 g/mol. The number of nitrogens with one attached hydrogen (secondary N) is 1. The first-order chi connectivity index (χ1) is 9.19. The van der Waals surface area contributed by atoms with Gasteiger partial charge in [-0.1, -0.05) is 12.1 Å². The molecule has 1 N–H and O–H groups in total. The van der Waals surface area contributed by atoms with Crippen LogP contribution in [0.15, 0.2) is 50.4 Å². The van der Waals surface area contributed by atoms with Crippen LogP contribution in [0.4, 0.5) is 0 Å². The van der Waals surface area contributed by atoms with Crippen LogP contribution in [-0.4, -0.2) is 18.7 Å². The maximum Gasteiger partial charge on any atom is 0.287 e. The molecule has 2 aromatic rings. The molecule has 0 spiro atoms. The van der Waals surface area contributed by atoms with E-state index in [1.54, 1.807) is 23.9 Å². The molecule has 19 heavy (non-hydrogen) atoms. The lowest BCUT2D eigenvalue weighted by Crippen LogP contribution is -2.25. The minimum Gasteiger partial charge on any atom is -0.444 e. The van der Waals surface area contributed by atoms with E-state index in [9.17, 15) is 4.79 Å². The quantitative estimate of drug-likeness (QED) is 0.844. The number of rotatable bonds is 5. The highest BCUT2D eigenvalue weighted by Crippen LogP contribution is 2.15. The normalized spacial score (nSPS) is 10.4. The average Bonchev–Trinajstić information content (AvgIpc) is 2.86. The van der Waals surface area contributed by atoms with Crippen LogP contribution >= 0.6 is 27.7 Å². The minimum atomic E-state index is -0.188. The first-order valence-corrected chi connectivity index (χ1v) is 7.87. The van der Waals surface area contributed by atoms with Crippen molar-refractivity contribution in [3.8, 4) is 0 Å². The van der Waals surface area contributed by atoms with Crippen LogP contribution in [0.1, 0.15) is 16.1 Å². The van der Waals surface area contributed by atoms with Gasteiger partial charge in [-0.25, -0.2) is 0 Å². The Hall–Kier alpha value is -1.20. The van der Waals surface area contributed by atoms with E-state index in [-0.39, 0.29) is 5.91 Å². The van der Waals surface area contributed by atoms with Crippen molar-refractivity contribution in [1.82, 2.24) is 5.32 Å². The number of thioether (sulfide) groups is 1. The van der Waals surface area contributed by atoms with Gasteiger partial charge < -0.3 is 9.73 Å².